The van der Waals surface area contributed by atoms with E-state index in [0.717, 1.165) is 36.0 Å². The van der Waals surface area contributed by atoms with Gasteiger partial charge in [-0.3, -0.25) is 9.59 Å². The van der Waals surface area contributed by atoms with Gasteiger partial charge in [0.25, 0.3) is 0 Å². The first-order valence-corrected chi connectivity index (χ1v) is 9.76. The fourth-order valence-electron chi connectivity index (χ4n) is 2.51. The molecule has 1 aromatic carbocycles. The van der Waals surface area contributed by atoms with Gasteiger partial charge in [0.15, 0.2) is 0 Å². The molecular formula is C17H24ClN3O2S. The predicted octanol–water partition coefficient (Wildman–Crippen LogP) is 2.25. The lowest BCUT2D eigenvalue weighted by molar-refractivity contribution is -0.132. The zero-order chi connectivity index (χ0) is 17.4. The number of nitrogens with zero attached hydrogens (tertiary/aromatic N) is 2. The van der Waals surface area contributed by atoms with E-state index in [1.807, 2.05) is 29.2 Å². The maximum absolute atomic E-state index is 12.2. The smallest absolute Gasteiger partial charge is 0.242 e. The first kappa shape index (κ1) is 18.9. The summed E-state index contributed by atoms with van der Waals surface area (Å²) in [4.78, 5) is 27.9. The first-order chi connectivity index (χ1) is 11.6. The molecule has 1 fully saturated rings. The number of piperazine rings is 1. The van der Waals surface area contributed by atoms with Gasteiger partial charge in [0, 0.05) is 36.9 Å². The van der Waals surface area contributed by atoms with Gasteiger partial charge in [-0.05, 0) is 36.4 Å². The van der Waals surface area contributed by atoms with Crippen molar-refractivity contribution in [2.45, 2.75) is 13.3 Å². The summed E-state index contributed by atoms with van der Waals surface area (Å²) in [6.07, 6.45) is 1.05. The van der Waals surface area contributed by atoms with Crippen LogP contribution in [0.4, 0.5) is 5.69 Å². The molecule has 0 bridgehead atoms. The molecule has 24 heavy (non-hydrogen) atoms. The fraction of sp³-hybridized carbons (Fsp3) is 0.529. The normalized spacial score (nSPS) is 14.6. The van der Waals surface area contributed by atoms with Crippen LogP contribution in [0, 0.1) is 0 Å². The number of hydrogen-bond acceptors (Lipinski definition) is 4. The molecule has 132 valence electrons. The highest BCUT2D eigenvalue weighted by Gasteiger charge is 2.21. The molecule has 7 heteroatoms. The highest BCUT2D eigenvalue weighted by molar-refractivity contribution is 7.99. The molecule has 1 aliphatic heterocycles. The largest absolute Gasteiger partial charge is 0.368 e. The third kappa shape index (κ3) is 5.91. The number of anilines is 1. The van der Waals surface area contributed by atoms with Gasteiger partial charge >= 0.3 is 0 Å². The Morgan fingerprint density at radius 2 is 1.83 bits per heavy atom. The predicted molar refractivity (Wildman–Crippen MR) is 101 cm³/mol. The molecule has 2 rings (SSSR count). The van der Waals surface area contributed by atoms with Crippen LogP contribution in [0.3, 0.4) is 0 Å². The Balaban J connectivity index is 1.70. The topological polar surface area (TPSA) is 52.7 Å². The Kier molecular flexibility index (Phi) is 7.72. The summed E-state index contributed by atoms with van der Waals surface area (Å²) >= 11 is 7.50. The molecule has 0 unspecified atom stereocenters. The van der Waals surface area contributed by atoms with Gasteiger partial charge in [-0.15, -0.1) is 0 Å². The van der Waals surface area contributed by atoms with Crippen molar-refractivity contribution in [1.29, 1.82) is 0 Å². The minimum absolute atomic E-state index is 0.0143. The Morgan fingerprint density at radius 1 is 1.17 bits per heavy atom. The third-order valence-electron chi connectivity index (χ3n) is 3.84. The monoisotopic (exact) mass is 369 g/mol. The van der Waals surface area contributed by atoms with Gasteiger partial charge in [-0.2, -0.15) is 11.8 Å². The number of halogens is 1. The van der Waals surface area contributed by atoms with Crippen molar-refractivity contribution in [3.8, 4) is 0 Å². The van der Waals surface area contributed by atoms with E-state index in [2.05, 4.69) is 17.1 Å². The number of thioether (sulfide) groups is 1. The maximum Gasteiger partial charge on any atom is 0.242 e. The summed E-state index contributed by atoms with van der Waals surface area (Å²) in [5.41, 5.74) is 1.12. The fourth-order valence-corrected chi connectivity index (χ4v) is 3.36. The second-order valence-electron chi connectivity index (χ2n) is 5.67. The molecule has 1 saturated heterocycles. The van der Waals surface area contributed by atoms with Crippen LogP contribution in [0.5, 0.6) is 0 Å². The molecule has 1 aliphatic rings. The van der Waals surface area contributed by atoms with Crippen LogP contribution in [-0.2, 0) is 9.59 Å². The summed E-state index contributed by atoms with van der Waals surface area (Å²) in [6.45, 7) is 5.08. The van der Waals surface area contributed by atoms with Gasteiger partial charge in [0.05, 0.1) is 12.3 Å². The van der Waals surface area contributed by atoms with Crippen molar-refractivity contribution < 1.29 is 9.59 Å². The van der Waals surface area contributed by atoms with Gasteiger partial charge in [0.1, 0.15) is 0 Å². The van der Waals surface area contributed by atoms with Crippen molar-refractivity contribution in [3.63, 3.8) is 0 Å². The number of carbonyl (C=O) groups excluding carboxylic acids is 2. The number of hydrogen-bond donors (Lipinski definition) is 1. The van der Waals surface area contributed by atoms with E-state index in [4.69, 9.17) is 11.6 Å². The lowest BCUT2D eigenvalue weighted by Gasteiger charge is -2.36. The Bertz CT molecular complexity index is 545. The maximum atomic E-state index is 12.2. The molecular weight excluding hydrogens is 346 g/mol. The lowest BCUT2D eigenvalue weighted by atomic mass is 10.2. The van der Waals surface area contributed by atoms with Crippen LogP contribution >= 0.6 is 23.4 Å². The van der Waals surface area contributed by atoms with Crippen molar-refractivity contribution >= 4 is 40.9 Å². The molecule has 0 spiro atoms. The number of carbonyl (C=O) groups is 2. The Hall–Kier alpha value is -1.40. The van der Waals surface area contributed by atoms with Crippen LogP contribution in [-0.4, -0.2) is 60.9 Å². The zero-order valence-corrected chi connectivity index (χ0v) is 15.5. The van der Waals surface area contributed by atoms with Gasteiger partial charge in [-0.25, -0.2) is 0 Å². The van der Waals surface area contributed by atoms with Gasteiger partial charge in [-0.1, -0.05) is 18.5 Å². The van der Waals surface area contributed by atoms with Crippen LogP contribution in [0.25, 0.3) is 0 Å². The van der Waals surface area contributed by atoms with Crippen LogP contribution in [0.15, 0.2) is 24.3 Å². The van der Waals surface area contributed by atoms with E-state index in [9.17, 15) is 9.59 Å². The molecule has 2 amide bonds. The number of nitrogens with one attached hydrogen (secondary N) is 1. The number of amides is 2. The van der Waals surface area contributed by atoms with Crippen LogP contribution in [0.1, 0.15) is 13.3 Å². The number of benzene rings is 1. The third-order valence-corrected chi connectivity index (χ3v) is 5.26. The Morgan fingerprint density at radius 3 is 2.46 bits per heavy atom. The Labute approximate surface area is 152 Å². The van der Waals surface area contributed by atoms with Crippen molar-refractivity contribution in [2.24, 2.45) is 0 Å². The number of rotatable bonds is 7. The molecule has 1 aromatic rings. The van der Waals surface area contributed by atoms with E-state index >= 15 is 0 Å². The lowest BCUT2D eigenvalue weighted by Crippen LogP contribution is -2.51. The highest BCUT2D eigenvalue weighted by atomic mass is 35.5. The molecule has 0 saturated carbocycles. The highest BCUT2D eigenvalue weighted by Crippen LogP contribution is 2.19. The van der Waals surface area contributed by atoms with E-state index in [1.54, 1.807) is 11.8 Å². The minimum Gasteiger partial charge on any atom is -0.368 e. The van der Waals surface area contributed by atoms with Crippen molar-refractivity contribution in [1.82, 2.24) is 10.2 Å². The second-order valence-corrected chi connectivity index (χ2v) is 7.22. The second kappa shape index (κ2) is 9.79. The average Bonchev–Trinajstić information content (AvgIpc) is 2.61. The van der Waals surface area contributed by atoms with E-state index in [1.165, 1.54) is 0 Å². The van der Waals surface area contributed by atoms with Gasteiger partial charge < -0.3 is 15.1 Å². The van der Waals surface area contributed by atoms with Gasteiger partial charge in [0.2, 0.25) is 11.8 Å². The quantitative estimate of drug-likeness (QED) is 0.749. The van der Waals surface area contributed by atoms with Crippen LogP contribution in [0.2, 0.25) is 5.02 Å². The zero-order valence-electron chi connectivity index (χ0n) is 14.0. The van der Waals surface area contributed by atoms with E-state index in [0.29, 0.717) is 18.8 Å². The molecule has 1 heterocycles. The summed E-state index contributed by atoms with van der Waals surface area (Å²) in [5.74, 6) is 1.31. The summed E-state index contributed by atoms with van der Waals surface area (Å²) in [5, 5.41) is 3.43. The molecule has 1 N–H and O–H groups in total. The standard InChI is InChI=1S/C17H24ClN3O2S/c1-2-11-24-13-16(22)19-12-17(23)21-9-7-20(8-10-21)15-5-3-14(18)4-6-15/h3-6H,2,7-13H2,1H3,(H,19,22). The molecule has 0 aliphatic carbocycles. The first-order valence-electron chi connectivity index (χ1n) is 8.23. The van der Waals surface area contributed by atoms with E-state index < -0.39 is 0 Å². The molecule has 5 nitrogen and oxygen atoms in total. The van der Waals surface area contributed by atoms with Crippen molar-refractivity contribution in [2.75, 3.05) is 49.1 Å². The summed E-state index contributed by atoms with van der Waals surface area (Å²) in [7, 11) is 0. The van der Waals surface area contributed by atoms with Crippen LogP contribution < -0.4 is 10.2 Å². The molecule has 0 aromatic heterocycles. The molecule has 0 radical (unpaired) electrons. The summed E-state index contributed by atoms with van der Waals surface area (Å²) in [6, 6.07) is 7.74. The average molecular weight is 370 g/mol. The van der Waals surface area contributed by atoms with E-state index in [-0.39, 0.29) is 18.4 Å². The molecule has 0 atom stereocenters. The SMILES string of the molecule is CCCSCC(=O)NCC(=O)N1CCN(c2ccc(Cl)cc2)CC1. The van der Waals surface area contributed by atoms with Crippen molar-refractivity contribution in [3.05, 3.63) is 29.3 Å². The minimum atomic E-state index is -0.0680. The summed E-state index contributed by atoms with van der Waals surface area (Å²) < 4.78 is 0.